The van der Waals surface area contributed by atoms with Crippen LogP contribution in [0.1, 0.15) is 5.56 Å². The number of nitriles is 1. The summed E-state index contributed by atoms with van der Waals surface area (Å²) in [7, 11) is 0. The molecule has 0 heterocycles. The molecule has 0 spiro atoms. The van der Waals surface area contributed by atoms with E-state index >= 15 is 0 Å². The number of carbonyl (C=O) groups excluding carboxylic acids is 1. The molecule has 2 aromatic carbocycles. The highest BCUT2D eigenvalue weighted by molar-refractivity contribution is 6.44. The lowest BCUT2D eigenvalue weighted by Crippen LogP contribution is -2.13. The van der Waals surface area contributed by atoms with Gasteiger partial charge in [-0.1, -0.05) is 41.4 Å². The molecular weight excluding hydrogens is 379 g/mol. The molecule has 0 unspecified atom stereocenters. The van der Waals surface area contributed by atoms with Gasteiger partial charge in [0.2, 0.25) is 0 Å². The maximum Gasteiger partial charge on any atom is 0.341 e. The minimum atomic E-state index is -1.09. The Morgan fingerprint density at radius 3 is 2.50 bits per heavy atom. The van der Waals surface area contributed by atoms with Crippen molar-refractivity contribution >= 4 is 46.8 Å². The van der Waals surface area contributed by atoms with E-state index in [0.717, 1.165) is 0 Å². The molecule has 0 aliphatic heterocycles. The standard InChI is InChI=1S/C18H12Cl2N2O4/c19-14-2-1-3-15(17(14)20)22-18(25)12(9-21)8-11-4-6-13(7-5-11)26-10-16(23)24/h1-8H,10H2,(H,22,25)(H,23,24)/b12-8-. The first-order valence-electron chi connectivity index (χ1n) is 7.22. The molecule has 0 radical (unpaired) electrons. The monoisotopic (exact) mass is 390 g/mol. The number of carbonyl (C=O) groups is 2. The molecule has 26 heavy (non-hydrogen) atoms. The number of carboxylic acid groups (broad SMARTS) is 1. The Balaban J connectivity index is 2.14. The molecule has 2 rings (SSSR count). The van der Waals surface area contributed by atoms with Crippen molar-refractivity contribution in [1.82, 2.24) is 0 Å². The minimum Gasteiger partial charge on any atom is -0.482 e. The molecule has 2 N–H and O–H groups in total. The summed E-state index contributed by atoms with van der Waals surface area (Å²) >= 11 is 11.9. The third-order valence-electron chi connectivity index (χ3n) is 3.12. The van der Waals surface area contributed by atoms with E-state index in [1.165, 1.54) is 18.2 Å². The second kappa shape index (κ2) is 8.90. The molecule has 0 aliphatic carbocycles. The molecule has 0 bridgehead atoms. The molecule has 6 nitrogen and oxygen atoms in total. The summed E-state index contributed by atoms with van der Waals surface area (Å²) in [5.74, 6) is -1.36. The molecule has 0 saturated heterocycles. The van der Waals surface area contributed by atoms with Gasteiger partial charge in [-0.05, 0) is 35.9 Å². The molecular formula is C18H12Cl2N2O4. The summed E-state index contributed by atoms with van der Waals surface area (Å²) in [6, 6.07) is 12.8. The van der Waals surface area contributed by atoms with Crippen LogP contribution in [0.25, 0.3) is 6.08 Å². The molecule has 132 valence electrons. The largest absolute Gasteiger partial charge is 0.482 e. The Kier molecular flexibility index (Phi) is 6.61. The predicted octanol–water partition coefficient (Wildman–Crippen LogP) is 4.00. The van der Waals surface area contributed by atoms with Crippen LogP contribution in [0.3, 0.4) is 0 Å². The van der Waals surface area contributed by atoms with Gasteiger partial charge < -0.3 is 15.2 Å². The number of nitrogens with one attached hydrogen (secondary N) is 1. The van der Waals surface area contributed by atoms with Crippen LogP contribution in [0.15, 0.2) is 48.0 Å². The van der Waals surface area contributed by atoms with E-state index in [2.05, 4.69) is 5.32 Å². The van der Waals surface area contributed by atoms with Crippen molar-refractivity contribution in [3.05, 3.63) is 63.6 Å². The second-order valence-corrected chi connectivity index (χ2v) is 5.76. The first kappa shape index (κ1) is 19.3. The topological polar surface area (TPSA) is 99.4 Å². The van der Waals surface area contributed by atoms with Crippen molar-refractivity contribution in [2.45, 2.75) is 0 Å². The molecule has 0 fully saturated rings. The lowest BCUT2D eigenvalue weighted by Gasteiger charge is -2.07. The van der Waals surface area contributed by atoms with Crippen molar-refractivity contribution in [3.63, 3.8) is 0 Å². The summed E-state index contributed by atoms with van der Waals surface area (Å²) in [5.41, 5.74) is 0.722. The second-order valence-electron chi connectivity index (χ2n) is 4.98. The predicted molar refractivity (Wildman–Crippen MR) is 98.3 cm³/mol. The normalized spacial score (nSPS) is 10.7. The van der Waals surface area contributed by atoms with E-state index in [-0.39, 0.29) is 15.6 Å². The number of anilines is 1. The third-order valence-corrected chi connectivity index (χ3v) is 3.94. The Labute approximate surface area is 159 Å². The fraction of sp³-hybridized carbons (Fsp3) is 0.0556. The van der Waals surface area contributed by atoms with Gasteiger partial charge >= 0.3 is 5.97 Å². The molecule has 8 heteroatoms. The number of aliphatic carboxylic acids is 1. The van der Waals surface area contributed by atoms with E-state index in [1.54, 1.807) is 30.3 Å². The number of benzene rings is 2. The zero-order chi connectivity index (χ0) is 19.1. The van der Waals surface area contributed by atoms with Gasteiger partial charge in [0.05, 0.1) is 15.7 Å². The maximum absolute atomic E-state index is 12.3. The Morgan fingerprint density at radius 1 is 1.19 bits per heavy atom. The van der Waals surface area contributed by atoms with Crippen molar-refractivity contribution in [3.8, 4) is 11.8 Å². The molecule has 1 amide bonds. The molecule has 0 aromatic heterocycles. The smallest absolute Gasteiger partial charge is 0.341 e. The number of ether oxygens (including phenoxy) is 1. The van der Waals surface area contributed by atoms with Crippen LogP contribution >= 0.6 is 23.2 Å². The quantitative estimate of drug-likeness (QED) is 0.573. The Hall–Kier alpha value is -3.01. The van der Waals surface area contributed by atoms with E-state index in [1.807, 2.05) is 6.07 Å². The molecule has 0 aliphatic rings. The van der Waals surface area contributed by atoms with Crippen LogP contribution in [0.4, 0.5) is 5.69 Å². The van der Waals surface area contributed by atoms with Crippen LogP contribution in [-0.2, 0) is 9.59 Å². The highest BCUT2D eigenvalue weighted by atomic mass is 35.5. The third kappa shape index (κ3) is 5.24. The van der Waals surface area contributed by atoms with Crippen molar-refractivity contribution < 1.29 is 19.4 Å². The molecule has 2 aromatic rings. The van der Waals surface area contributed by atoms with Crippen molar-refractivity contribution in [1.29, 1.82) is 5.26 Å². The summed E-state index contributed by atoms with van der Waals surface area (Å²) in [6.07, 6.45) is 1.38. The van der Waals surface area contributed by atoms with Gasteiger partial charge in [0.25, 0.3) is 5.91 Å². The summed E-state index contributed by atoms with van der Waals surface area (Å²) in [5, 5.41) is 20.8. The van der Waals surface area contributed by atoms with Crippen molar-refractivity contribution in [2.24, 2.45) is 0 Å². The highest BCUT2D eigenvalue weighted by Crippen LogP contribution is 2.29. The van der Waals surface area contributed by atoms with Gasteiger partial charge in [0, 0.05) is 0 Å². The fourth-order valence-electron chi connectivity index (χ4n) is 1.91. The SMILES string of the molecule is N#C/C(=C/c1ccc(OCC(=O)O)cc1)C(=O)Nc1cccc(Cl)c1Cl. The number of nitrogens with zero attached hydrogens (tertiary/aromatic N) is 1. The Morgan fingerprint density at radius 2 is 1.88 bits per heavy atom. The fourth-order valence-corrected chi connectivity index (χ4v) is 2.26. The maximum atomic E-state index is 12.3. The first-order chi connectivity index (χ1) is 12.4. The van der Waals surface area contributed by atoms with Crippen LogP contribution in [0.2, 0.25) is 10.0 Å². The number of rotatable bonds is 6. The van der Waals surface area contributed by atoms with Crippen LogP contribution < -0.4 is 10.1 Å². The van der Waals surface area contributed by atoms with Gasteiger partial charge in [-0.15, -0.1) is 0 Å². The zero-order valence-electron chi connectivity index (χ0n) is 13.2. The Bertz CT molecular complexity index is 902. The van der Waals surface area contributed by atoms with Gasteiger partial charge in [0.15, 0.2) is 6.61 Å². The van der Waals surface area contributed by atoms with Gasteiger partial charge in [0.1, 0.15) is 17.4 Å². The number of amides is 1. The number of hydrogen-bond donors (Lipinski definition) is 2. The average Bonchev–Trinajstić information content (AvgIpc) is 2.62. The van der Waals surface area contributed by atoms with Gasteiger partial charge in [-0.25, -0.2) is 4.79 Å². The van der Waals surface area contributed by atoms with Gasteiger partial charge in [-0.3, -0.25) is 4.79 Å². The summed E-state index contributed by atoms with van der Waals surface area (Å²) in [4.78, 5) is 22.7. The van der Waals surface area contributed by atoms with Crippen molar-refractivity contribution in [2.75, 3.05) is 11.9 Å². The summed E-state index contributed by atoms with van der Waals surface area (Å²) < 4.78 is 5.01. The summed E-state index contributed by atoms with van der Waals surface area (Å²) in [6.45, 7) is -0.457. The lowest BCUT2D eigenvalue weighted by atomic mass is 10.1. The number of carboxylic acids is 1. The van der Waals surface area contributed by atoms with E-state index in [0.29, 0.717) is 17.0 Å². The van der Waals surface area contributed by atoms with E-state index in [9.17, 15) is 14.9 Å². The van der Waals surface area contributed by atoms with Crippen LogP contribution in [-0.4, -0.2) is 23.6 Å². The lowest BCUT2D eigenvalue weighted by molar-refractivity contribution is -0.139. The zero-order valence-corrected chi connectivity index (χ0v) is 14.7. The van der Waals surface area contributed by atoms with Gasteiger partial charge in [-0.2, -0.15) is 5.26 Å². The van der Waals surface area contributed by atoms with Crippen LogP contribution in [0.5, 0.6) is 5.75 Å². The highest BCUT2D eigenvalue weighted by Gasteiger charge is 2.12. The minimum absolute atomic E-state index is 0.139. The number of halogens is 2. The molecule has 0 saturated carbocycles. The first-order valence-corrected chi connectivity index (χ1v) is 7.98. The number of hydrogen-bond acceptors (Lipinski definition) is 4. The van der Waals surface area contributed by atoms with E-state index in [4.69, 9.17) is 33.0 Å². The van der Waals surface area contributed by atoms with E-state index < -0.39 is 18.5 Å². The van der Waals surface area contributed by atoms with Crippen LogP contribution in [0, 0.1) is 11.3 Å². The molecule has 0 atom stereocenters. The average molecular weight is 391 g/mol.